The van der Waals surface area contributed by atoms with Crippen molar-refractivity contribution in [1.82, 2.24) is 0 Å². The first kappa shape index (κ1) is 58.5. The molecule has 0 amide bonds. The van der Waals surface area contributed by atoms with E-state index in [2.05, 4.69) is 43.0 Å². The van der Waals surface area contributed by atoms with Crippen LogP contribution in [0.25, 0.3) is 0 Å². The van der Waals surface area contributed by atoms with Crippen LogP contribution in [0.4, 0.5) is 11.4 Å². The molecule has 390 valence electrons. The number of allylic oxidation sites excluding steroid dienone is 8. The number of methoxy groups -OCH3 is 2. The number of benzene rings is 2. The van der Waals surface area contributed by atoms with Gasteiger partial charge in [-0.25, -0.2) is 0 Å². The predicted octanol–water partition coefficient (Wildman–Crippen LogP) is 7.01. The molecule has 0 spiro atoms. The Kier molecular flexibility index (Phi) is 24.6. The number of fused-ring (bicyclic) bond motifs is 2. The van der Waals surface area contributed by atoms with Crippen LogP contribution in [0.1, 0.15) is 75.5 Å². The summed E-state index contributed by atoms with van der Waals surface area (Å²) in [4.78, 5) is 13.2. The fourth-order valence-electron chi connectivity index (χ4n) is 8.77. The molecule has 0 fully saturated rings. The quantitative estimate of drug-likeness (QED) is 0.0271. The molecule has 0 saturated heterocycles. The fraction of sp³-hybridized carbons (Fsp3) is 0.569. The summed E-state index contributed by atoms with van der Waals surface area (Å²) < 4.78 is 108. The summed E-state index contributed by atoms with van der Waals surface area (Å²) in [5.74, 6) is -1.36. The van der Waals surface area contributed by atoms with Crippen molar-refractivity contribution in [2.75, 3.05) is 117 Å². The van der Waals surface area contributed by atoms with Crippen LogP contribution in [0.15, 0.2) is 89.5 Å². The zero-order valence-corrected chi connectivity index (χ0v) is 43.1. The van der Waals surface area contributed by atoms with E-state index >= 15 is 0 Å². The Bertz CT molecular complexity index is 2360. The second-order valence-corrected chi connectivity index (χ2v) is 20.6. The number of carboxylic acid groups (broad SMARTS) is 1. The van der Waals surface area contributed by atoms with E-state index in [1.165, 1.54) is 17.7 Å². The Labute approximate surface area is 415 Å². The second-order valence-electron chi connectivity index (χ2n) is 17.6. The lowest BCUT2D eigenvalue weighted by atomic mass is 9.76. The molecule has 2 atom stereocenters. The van der Waals surface area contributed by atoms with Crippen LogP contribution in [-0.2, 0) is 69.0 Å². The van der Waals surface area contributed by atoms with Crippen molar-refractivity contribution >= 4 is 43.3 Å². The molecule has 0 aliphatic carbocycles. The van der Waals surface area contributed by atoms with Gasteiger partial charge in [0.15, 0.2) is 5.71 Å². The van der Waals surface area contributed by atoms with Crippen LogP contribution in [-0.4, -0.2) is 160 Å². The summed E-state index contributed by atoms with van der Waals surface area (Å²) in [6.07, 6.45) is 16.4. The van der Waals surface area contributed by atoms with Gasteiger partial charge in [-0.3, -0.25) is 13.9 Å². The number of carboxylic acids is 1. The van der Waals surface area contributed by atoms with Crippen molar-refractivity contribution in [2.45, 2.75) is 81.4 Å². The minimum Gasteiger partial charge on any atom is -0.481 e. The van der Waals surface area contributed by atoms with E-state index in [0.29, 0.717) is 123 Å². The van der Waals surface area contributed by atoms with Crippen LogP contribution in [0.3, 0.4) is 0 Å². The molecule has 4 rings (SSSR count). The van der Waals surface area contributed by atoms with Crippen molar-refractivity contribution in [3.63, 3.8) is 0 Å². The van der Waals surface area contributed by atoms with Crippen LogP contribution >= 0.6 is 0 Å². The predicted molar refractivity (Wildman–Crippen MR) is 269 cm³/mol. The summed E-state index contributed by atoms with van der Waals surface area (Å²) >= 11 is 0. The minimum absolute atomic E-state index is 0.0400. The van der Waals surface area contributed by atoms with E-state index < -0.39 is 37.4 Å². The number of hydrogen-bond donors (Lipinski definition) is 3. The number of carbonyl (C=O) groups is 1. The average molecular weight is 1020 g/mol. The molecule has 2 aromatic carbocycles. The van der Waals surface area contributed by atoms with Gasteiger partial charge in [0.2, 0.25) is 5.69 Å². The zero-order valence-electron chi connectivity index (χ0n) is 41.5. The highest BCUT2D eigenvalue weighted by Gasteiger charge is 2.48. The van der Waals surface area contributed by atoms with Crippen molar-refractivity contribution in [3.8, 4) is 0 Å². The Hall–Kier alpha value is -4.12. The Morgan fingerprint density at radius 2 is 1.27 bits per heavy atom. The van der Waals surface area contributed by atoms with E-state index in [-0.39, 0.29) is 29.6 Å². The first-order valence-corrected chi connectivity index (χ1v) is 26.9. The highest BCUT2D eigenvalue weighted by Crippen LogP contribution is 2.50. The molecule has 2 unspecified atom stereocenters. The standard InChI is InChI=1S/C51H74N2O15S2/c1-41-18-20-45-43(39-41)51(3,23-26-64-30-31-66-34-35-68-37-36-67-33-32-65-29-28-63-5)48(53(45)25-27-62-4)16-11-8-6-7-10-15-47-50(2,22-14-38-69(56,57)58)44-40-42(70(59,60)61)19-21-46(44)52(47)24-13-9-12-17-49(54)55/h6-8,10-11,15-16,18-21,39-40H,9,12-14,17,22-38H2,1-5H3,(H2-,54,55,56,57,58,59,60,61)/p+1. The Morgan fingerprint density at radius 1 is 0.671 bits per heavy atom. The molecular weight excluding hydrogens is 945 g/mol. The van der Waals surface area contributed by atoms with Gasteiger partial charge in [-0.15, -0.1) is 0 Å². The van der Waals surface area contributed by atoms with Crippen LogP contribution < -0.4 is 4.90 Å². The summed E-state index contributed by atoms with van der Waals surface area (Å²) in [5.41, 5.74) is 5.35. The molecule has 70 heavy (non-hydrogen) atoms. The van der Waals surface area contributed by atoms with Crippen molar-refractivity contribution in [2.24, 2.45) is 0 Å². The maximum absolute atomic E-state index is 12.3. The van der Waals surface area contributed by atoms with Gasteiger partial charge >= 0.3 is 5.97 Å². The number of unbranched alkanes of at least 4 members (excludes halogenated alkanes) is 2. The lowest BCUT2D eigenvalue weighted by molar-refractivity contribution is -0.438. The average Bonchev–Trinajstić information content (AvgIpc) is 3.67. The zero-order chi connectivity index (χ0) is 51.0. The minimum atomic E-state index is -4.56. The highest BCUT2D eigenvalue weighted by atomic mass is 32.2. The first-order chi connectivity index (χ1) is 33.5. The number of aliphatic carboxylic acids is 1. The largest absolute Gasteiger partial charge is 0.481 e. The third kappa shape index (κ3) is 18.2. The molecule has 0 bridgehead atoms. The molecule has 2 aliphatic rings. The maximum Gasteiger partial charge on any atom is 0.303 e. The topological polar surface area (TPSA) is 217 Å². The number of hydrogen-bond acceptors (Lipinski definition) is 13. The fourth-order valence-corrected chi connectivity index (χ4v) is 9.78. The van der Waals surface area contributed by atoms with Crippen molar-refractivity contribution in [1.29, 1.82) is 0 Å². The van der Waals surface area contributed by atoms with Gasteiger partial charge in [-0.05, 0) is 82.7 Å². The maximum atomic E-state index is 12.3. The smallest absolute Gasteiger partial charge is 0.303 e. The lowest BCUT2D eigenvalue weighted by Crippen LogP contribution is -2.32. The number of rotatable bonds is 36. The van der Waals surface area contributed by atoms with Crippen molar-refractivity contribution < 1.29 is 73.6 Å². The van der Waals surface area contributed by atoms with Crippen LogP contribution in [0.5, 0.6) is 0 Å². The molecule has 0 radical (unpaired) electrons. The summed E-state index contributed by atoms with van der Waals surface area (Å²) in [5, 5.41) is 9.16. The van der Waals surface area contributed by atoms with Gasteiger partial charge in [-0.2, -0.15) is 21.4 Å². The molecule has 2 aromatic rings. The Balaban J connectivity index is 1.47. The van der Waals surface area contributed by atoms with E-state index in [0.717, 1.165) is 29.1 Å². The van der Waals surface area contributed by atoms with Gasteiger partial charge in [0.05, 0.1) is 88.7 Å². The lowest BCUT2D eigenvalue weighted by Gasteiger charge is -2.30. The van der Waals surface area contributed by atoms with Crippen LogP contribution in [0.2, 0.25) is 0 Å². The molecular formula is C51H75N2O15S2+. The Morgan fingerprint density at radius 3 is 1.87 bits per heavy atom. The molecule has 0 saturated carbocycles. The molecule has 2 aliphatic heterocycles. The summed E-state index contributed by atoms with van der Waals surface area (Å²) in [6.45, 7) is 13.3. The third-order valence-corrected chi connectivity index (χ3v) is 14.0. The number of aryl methyl sites for hydroxylation is 1. The van der Waals surface area contributed by atoms with Crippen LogP contribution in [0, 0.1) is 6.92 Å². The number of anilines is 1. The van der Waals surface area contributed by atoms with Gasteiger partial charge < -0.3 is 43.2 Å². The van der Waals surface area contributed by atoms with E-state index in [1.807, 2.05) is 48.0 Å². The molecule has 17 nitrogen and oxygen atoms in total. The van der Waals surface area contributed by atoms with E-state index in [4.69, 9.17) is 38.3 Å². The first-order valence-electron chi connectivity index (χ1n) is 23.9. The molecule has 3 N–H and O–H groups in total. The monoisotopic (exact) mass is 1020 g/mol. The number of ether oxygens (including phenoxy) is 7. The van der Waals surface area contributed by atoms with E-state index in [9.17, 15) is 30.7 Å². The highest BCUT2D eigenvalue weighted by molar-refractivity contribution is 7.86. The van der Waals surface area contributed by atoms with Gasteiger partial charge in [0.1, 0.15) is 6.54 Å². The number of nitrogens with zero attached hydrogens (tertiary/aromatic N) is 2. The van der Waals surface area contributed by atoms with Gasteiger partial charge in [-0.1, -0.05) is 48.1 Å². The molecule has 19 heteroatoms. The third-order valence-electron chi connectivity index (χ3n) is 12.4. The second kappa shape index (κ2) is 29.4. The van der Waals surface area contributed by atoms with Gasteiger partial charge in [0.25, 0.3) is 20.2 Å². The summed E-state index contributed by atoms with van der Waals surface area (Å²) in [7, 11) is -5.51. The molecule has 0 aromatic heterocycles. The molecule has 2 heterocycles. The van der Waals surface area contributed by atoms with Gasteiger partial charge in [0, 0.05) is 74.7 Å². The normalized spacial score (nSPS) is 19.0. The van der Waals surface area contributed by atoms with Crippen molar-refractivity contribution in [3.05, 3.63) is 101 Å². The van der Waals surface area contributed by atoms with E-state index in [1.54, 1.807) is 20.3 Å². The SMILES string of the molecule is COCCOCCOCCOCCOCCOCCC1(C)\C(=C/C=C/C=C/C=C/C2=[N+](CCCCCC(=O)O)c3ccc(S(=O)(=O)O)cc3C2(C)CCCS(=O)(=O)O)N(CCOC)c2ccc(C)cc21. The summed E-state index contributed by atoms with van der Waals surface area (Å²) in [6, 6.07) is 10.9.